The molecule has 0 saturated heterocycles. The Balaban J connectivity index is 2.45. The van der Waals surface area contributed by atoms with E-state index in [2.05, 4.69) is 4.98 Å². The van der Waals surface area contributed by atoms with E-state index in [0.29, 0.717) is 11.6 Å². The molecule has 1 heterocycles. The number of ether oxygens (including phenoxy) is 1. The summed E-state index contributed by atoms with van der Waals surface area (Å²) in [6.45, 7) is 0. The summed E-state index contributed by atoms with van der Waals surface area (Å²) in [6, 6.07) is 8.82. The van der Waals surface area contributed by atoms with Crippen molar-refractivity contribution >= 4 is 29.1 Å². The average molecular weight is 293 g/mol. The zero-order valence-electron chi connectivity index (χ0n) is 11.0. The molecule has 1 aromatic heterocycles. The van der Waals surface area contributed by atoms with Crippen LogP contribution in [0.3, 0.4) is 0 Å². The smallest absolute Gasteiger partial charge is 0.337 e. The van der Waals surface area contributed by atoms with E-state index in [1.54, 1.807) is 19.1 Å². The number of carboxylic acid groups (broad SMARTS) is 1. The van der Waals surface area contributed by atoms with Crippen molar-refractivity contribution in [2.75, 3.05) is 19.1 Å². The maximum atomic E-state index is 11.1. The van der Waals surface area contributed by atoms with Crippen molar-refractivity contribution in [3.05, 3.63) is 47.1 Å². The lowest BCUT2D eigenvalue weighted by Gasteiger charge is -2.21. The fraction of sp³-hybridized carbons (Fsp3) is 0.143. The molecule has 6 heteroatoms. The van der Waals surface area contributed by atoms with Crippen LogP contribution in [0.25, 0.3) is 0 Å². The maximum Gasteiger partial charge on any atom is 0.337 e. The van der Waals surface area contributed by atoms with Crippen LogP contribution in [0.15, 0.2) is 36.5 Å². The molecule has 1 N–H and O–H groups in total. The number of rotatable bonds is 4. The van der Waals surface area contributed by atoms with Crippen molar-refractivity contribution in [1.29, 1.82) is 0 Å². The number of carboxylic acids is 1. The predicted molar refractivity (Wildman–Crippen MR) is 77.3 cm³/mol. The minimum absolute atomic E-state index is 0.0124. The molecule has 0 aliphatic heterocycles. The van der Waals surface area contributed by atoms with Gasteiger partial charge in [-0.05, 0) is 18.2 Å². The molecule has 0 atom stereocenters. The fourth-order valence-corrected chi connectivity index (χ4v) is 1.99. The largest absolute Gasteiger partial charge is 0.495 e. The molecule has 0 saturated carbocycles. The van der Waals surface area contributed by atoms with E-state index in [4.69, 9.17) is 21.4 Å². The Kier molecular flexibility index (Phi) is 4.10. The standard InChI is InChI=1S/C14H13ClN2O3/c1-17(11-5-3-4-6-12(11)20-2)13-7-9(14(18)19)10(15)8-16-13/h3-8H,1-2H3,(H,18,19). The van der Waals surface area contributed by atoms with Crippen LogP contribution >= 0.6 is 11.6 Å². The van der Waals surface area contributed by atoms with Gasteiger partial charge in [0, 0.05) is 13.2 Å². The molecule has 2 aromatic rings. The monoisotopic (exact) mass is 292 g/mol. The zero-order chi connectivity index (χ0) is 14.7. The number of aromatic nitrogens is 1. The summed E-state index contributed by atoms with van der Waals surface area (Å²) in [6.07, 6.45) is 1.33. The molecule has 104 valence electrons. The first-order chi connectivity index (χ1) is 9.54. The van der Waals surface area contributed by atoms with Gasteiger partial charge in [0.05, 0.1) is 23.4 Å². The summed E-state index contributed by atoms with van der Waals surface area (Å²) in [5.74, 6) is 0.0481. The molecule has 0 aliphatic rings. The van der Waals surface area contributed by atoms with Gasteiger partial charge in [0.1, 0.15) is 11.6 Å². The molecular formula is C14H13ClN2O3. The Morgan fingerprint density at radius 1 is 1.40 bits per heavy atom. The van der Waals surface area contributed by atoms with Gasteiger partial charge < -0.3 is 14.7 Å². The van der Waals surface area contributed by atoms with Crippen molar-refractivity contribution in [3.63, 3.8) is 0 Å². The molecule has 0 spiro atoms. The Labute approximate surface area is 121 Å². The van der Waals surface area contributed by atoms with Gasteiger partial charge in [-0.3, -0.25) is 0 Å². The van der Waals surface area contributed by atoms with Crippen LogP contribution < -0.4 is 9.64 Å². The molecule has 0 amide bonds. The number of hydrogen-bond donors (Lipinski definition) is 1. The molecule has 0 bridgehead atoms. The molecule has 0 aliphatic carbocycles. The van der Waals surface area contributed by atoms with Crippen molar-refractivity contribution in [2.24, 2.45) is 0 Å². The normalized spacial score (nSPS) is 10.2. The number of aromatic carboxylic acids is 1. The number of hydrogen-bond acceptors (Lipinski definition) is 4. The lowest BCUT2D eigenvalue weighted by atomic mass is 10.2. The summed E-state index contributed by atoms with van der Waals surface area (Å²) in [4.78, 5) is 17.0. The fourth-order valence-electron chi connectivity index (χ4n) is 1.81. The van der Waals surface area contributed by atoms with Gasteiger partial charge in [-0.25, -0.2) is 9.78 Å². The van der Waals surface area contributed by atoms with E-state index >= 15 is 0 Å². The number of para-hydroxylation sites is 2. The Bertz CT molecular complexity index is 646. The molecule has 1 aromatic carbocycles. The lowest BCUT2D eigenvalue weighted by molar-refractivity contribution is 0.0697. The van der Waals surface area contributed by atoms with E-state index < -0.39 is 5.97 Å². The first-order valence-electron chi connectivity index (χ1n) is 5.80. The second kappa shape index (κ2) is 5.79. The molecule has 0 unspecified atom stereocenters. The van der Waals surface area contributed by atoms with Crippen LogP contribution in [0, 0.1) is 0 Å². The van der Waals surface area contributed by atoms with Crippen LogP contribution in [-0.2, 0) is 0 Å². The van der Waals surface area contributed by atoms with E-state index in [0.717, 1.165) is 5.69 Å². The highest BCUT2D eigenvalue weighted by molar-refractivity contribution is 6.33. The first kappa shape index (κ1) is 14.1. The van der Waals surface area contributed by atoms with E-state index in [1.807, 2.05) is 24.3 Å². The molecule has 0 fully saturated rings. The van der Waals surface area contributed by atoms with Gasteiger partial charge in [-0.15, -0.1) is 0 Å². The Morgan fingerprint density at radius 3 is 2.75 bits per heavy atom. The quantitative estimate of drug-likeness (QED) is 0.937. The van der Waals surface area contributed by atoms with Gasteiger partial charge >= 0.3 is 5.97 Å². The average Bonchev–Trinajstić information content (AvgIpc) is 2.46. The topological polar surface area (TPSA) is 62.7 Å². The zero-order valence-corrected chi connectivity index (χ0v) is 11.8. The number of pyridine rings is 1. The molecular weight excluding hydrogens is 280 g/mol. The Morgan fingerprint density at radius 2 is 2.10 bits per heavy atom. The number of anilines is 2. The minimum atomic E-state index is -1.09. The summed E-state index contributed by atoms with van der Waals surface area (Å²) in [7, 11) is 3.35. The SMILES string of the molecule is COc1ccccc1N(C)c1cc(C(=O)O)c(Cl)cn1. The minimum Gasteiger partial charge on any atom is -0.495 e. The first-order valence-corrected chi connectivity index (χ1v) is 6.18. The molecule has 0 radical (unpaired) electrons. The van der Waals surface area contributed by atoms with Gasteiger partial charge in [0.2, 0.25) is 0 Å². The van der Waals surface area contributed by atoms with E-state index in [-0.39, 0.29) is 10.6 Å². The van der Waals surface area contributed by atoms with Crippen LogP contribution in [0.5, 0.6) is 5.75 Å². The molecule has 5 nitrogen and oxygen atoms in total. The third kappa shape index (κ3) is 2.67. The highest BCUT2D eigenvalue weighted by atomic mass is 35.5. The maximum absolute atomic E-state index is 11.1. The van der Waals surface area contributed by atoms with E-state index in [9.17, 15) is 4.79 Å². The summed E-state index contributed by atoms with van der Waals surface area (Å²) in [5, 5.41) is 9.19. The van der Waals surface area contributed by atoms with Gasteiger partial charge in [0.25, 0.3) is 0 Å². The van der Waals surface area contributed by atoms with Crippen LogP contribution in [0.2, 0.25) is 5.02 Å². The molecule has 20 heavy (non-hydrogen) atoms. The van der Waals surface area contributed by atoms with Crippen molar-refractivity contribution in [2.45, 2.75) is 0 Å². The number of nitrogens with zero attached hydrogens (tertiary/aromatic N) is 2. The third-order valence-electron chi connectivity index (χ3n) is 2.86. The number of benzene rings is 1. The van der Waals surface area contributed by atoms with Crippen molar-refractivity contribution < 1.29 is 14.6 Å². The lowest BCUT2D eigenvalue weighted by Crippen LogP contribution is -2.13. The van der Waals surface area contributed by atoms with Gasteiger partial charge in [0.15, 0.2) is 0 Å². The van der Waals surface area contributed by atoms with Gasteiger partial charge in [-0.2, -0.15) is 0 Å². The highest BCUT2D eigenvalue weighted by Gasteiger charge is 2.15. The summed E-state index contributed by atoms with van der Waals surface area (Å²) < 4.78 is 5.28. The third-order valence-corrected chi connectivity index (χ3v) is 3.16. The highest BCUT2D eigenvalue weighted by Crippen LogP contribution is 2.32. The number of halogens is 1. The van der Waals surface area contributed by atoms with Gasteiger partial charge in [-0.1, -0.05) is 23.7 Å². The summed E-state index contributed by atoms with van der Waals surface area (Å²) in [5.41, 5.74) is 0.791. The predicted octanol–water partition coefficient (Wildman–Crippen LogP) is 3.21. The van der Waals surface area contributed by atoms with Crippen molar-refractivity contribution in [1.82, 2.24) is 4.98 Å². The summed E-state index contributed by atoms with van der Waals surface area (Å²) >= 11 is 5.81. The Hall–Kier alpha value is -2.27. The van der Waals surface area contributed by atoms with Crippen LogP contribution in [-0.4, -0.2) is 30.2 Å². The number of carbonyl (C=O) groups is 1. The van der Waals surface area contributed by atoms with Crippen LogP contribution in [0.1, 0.15) is 10.4 Å². The molecule has 2 rings (SSSR count). The second-order valence-electron chi connectivity index (χ2n) is 4.06. The number of methoxy groups -OCH3 is 1. The second-order valence-corrected chi connectivity index (χ2v) is 4.47. The van der Waals surface area contributed by atoms with Crippen LogP contribution in [0.4, 0.5) is 11.5 Å². The van der Waals surface area contributed by atoms with Crippen molar-refractivity contribution in [3.8, 4) is 5.75 Å². The van der Waals surface area contributed by atoms with E-state index in [1.165, 1.54) is 12.3 Å².